The Morgan fingerprint density at radius 1 is 1.62 bits per heavy atom. The molecule has 1 aromatic heterocycles. The molecule has 0 saturated heterocycles. The average Bonchev–Trinajstić information content (AvgIpc) is 2.65. The molecular formula is C10H19N5O. The number of hydrogen-bond acceptors (Lipinski definition) is 4. The molecule has 3 N–H and O–H groups in total. The maximum Gasteiger partial charge on any atom is 0.217 e. The minimum absolute atomic E-state index is 0.257. The van der Waals surface area contributed by atoms with Crippen LogP contribution in [0.4, 0.5) is 0 Å². The van der Waals surface area contributed by atoms with Gasteiger partial charge in [-0.15, -0.1) is 0 Å². The zero-order valence-corrected chi connectivity index (χ0v) is 9.81. The Kier molecular flexibility index (Phi) is 4.91. The van der Waals surface area contributed by atoms with Gasteiger partial charge in [0.25, 0.3) is 0 Å². The normalized spacial score (nSPS) is 10.9. The molecule has 0 aliphatic heterocycles. The van der Waals surface area contributed by atoms with Gasteiger partial charge in [-0.2, -0.15) is 5.10 Å². The van der Waals surface area contributed by atoms with Gasteiger partial charge in [-0.3, -0.25) is 4.79 Å². The van der Waals surface area contributed by atoms with Crippen molar-refractivity contribution in [1.82, 2.24) is 20.1 Å². The summed E-state index contributed by atoms with van der Waals surface area (Å²) < 4.78 is 1.88. The number of nitrogens with zero attached hydrogens (tertiary/aromatic N) is 3. The number of aromatic nitrogens is 3. The van der Waals surface area contributed by atoms with Crippen molar-refractivity contribution in [2.45, 2.75) is 39.3 Å². The van der Waals surface area contributed by atoms with E-state index in [1.165, 1.54) is 0 Å². The van der Waals surface area contributed by atoms with Gasteiger partial charge in [0.15, 0.2) is 0 Å². The fraction of sp³-hybridized carbons (Fsp3) is 0.700. The summed E-state index contributed by atoms with van der Waals surface area (Å²) in [5, 5.41) is 7.34. The van der Waals surface area contributed by atoms with Crippen LogP contribution in [0.15, 0.2) is 6.33 Å². The molecule has 0 atom stereocenters. The Balaban J connectivity index is 2.26. The summed E-state index contributed by atoms with van der Waals surface area (Å²) in [5.74, 6) is 0.654. The summed E-state index contributed by atoms with van der Waals surface area (Å²) >= 11 is 0. The maximum atomic E-state index is 10.5. The van der Waals surface area contributed by atoms with E-state index in [4.69, 9.17) is 5.73 Å². The molecule has 90 valence electrons. The van der Waals surface area contributed by atoms with Crippen LogP contribution in [0.5, 0.6) is 0 Å². The molecule has 0 aliphatic carbocycles. The molecule has 16 heavy (non-hydrogen) atoms. The van der Waals surface area contributed by atoms with Crippen molar-refractivity contribution in [2.24, 2.45) is 5.73 Å². The smallest absolute Gasteiger partial charge is 0.217 e. The highest BCUT2D eigenvalue weighted by atomic mass is 16.1. The molecular weight excluding hydrogens is 206 g/mol. The van der Waals surface area contributed by atoms with Crippen molar-refractivity contribution in [3.8, 4) is 0 Å². The molecule has 0 unspecified atom stereocenters. The number of carbonyl (C=O) groups is 1. The van der Waals surface area contributed by atoms with E-state index in [2.05, 4.69) is 29.2 Å². The Morgan fingerprint density at radius 3 is 3.00 bits per heavy atom. The van der Waals surface area contributed by atoms with Crippen LogP contribution >= 0.6 is 0 Å². The van der Waals surface area contributed by atoms with E-state index in [-0.39, 0.29) is 5.91 Å². The molecule has 0 saturated carbocycles. The van der Waals surface area contributed by atoms with Crippen LogP contribution in [-0.4, -0.2) is 27.2 Å². The number of nitrogens with one attached hydrogen (secondary N) is 1. The van der Waals surface area contributed by atoms with Gasteiger partial charge in [-0.25, -0.2) is 9.67 Å². The third kappa shape index (κ3) is 3.98. The van der Waals surface area contributed by atoms with Gasteiger partial charge >= 0.3 is 0 Å². The summed E-state index contributed by atoms with van der Waals surface area (Å²) in [6, 6.07) is 0.310. The summed E-state index contributed by atoms with van der Waals surface area (Å²) in [6.07, 6.45) is 2.73. The van der Waals surface area contributed by atoms with E-state index in [0.29, 0.717) is 19.0 Å². The van der Waals surface area contributed by atoms with Crippen molar-refractivity contribution in [3.05, 3.63) is 12.2 Å². The van der Waals surface area contributed by atoms with Crippen LogP contribution in [0.25, 0.3) is 0 Å². The van der Waals surface area contributed by atoms with Crippen molar-refractivity contribution in [1.29, 1.82) is 0 Å². The van der Waals surface area contributed by atoms with E-state index in [1.807, 2.05) is 4.68 Å². The molecule has 0 aromatic carbocycles. The standard InChI is InChI=1S/C10H19N5O/c1-8(2)15-10(13-7-14-15)6-12-5-3-4-9(11)16/h7-8,12H,3-6H2,1-2H3,(H2,11,16). The number of carbonyl (C=O) groups excluding carboxylic acids is 1. The zero-order chi connectivity index (χ0) is 12.0. The van der Waals surface area contributed by atoms with Crippen LogP contribution in [0, 0.1) is 0 Å². The number of primary amides is 1. The Morgan fingerprint density at radius 2 is 2.38 bits per heavy atom. The second kappa shape index (κ2) is 6.22. The van der Waals surface area contributed by atoms with E-state index in [9.17, 15) is 4.79 Å². The van der Waals surface area contributed by atoms with Gasteiger partial charge in [-0.1, -0.05) is 0 Å². The van der Waals surface area contributed by atoms with Crippen molar-refractivity contribution in [2.75, 3.05) is 6.54 Å². The van der Waals surface area contributed by atoms with Crippen molar-refractivity contribution >= 4 is 5.91 Å². The van der Waals surface area contributed by atoms with E-state index in [0.717, 1.165) is 18.8 Å². The largest absolute Gasteiger partial charge is 0.370 e. The lowest BCUT2D eigenvalue weighted by Crippen LogP contribution is -2.21. The fourth-order valence-corrected chi connectivity index (χ4v) is 1.42. The fourth-order valence-electron chi connectivity index (χ4n) is 1.42. The summed E-state index contributed by atoms with van der Waals surface area (Å²) in [7, 11) is 0. The highest BCUT2D eigenvalue weighted by Gasteiger charge is 2.06. The molecule has 6 nitrogen and oxygen atoms in total. The van der Waals surface area contributed by atoms with Crippen LogP contribution in [0.3, 0.4) is 0 Å². The number of amides is 1. The maximum absolute atomic E-state index is 10.5. The monoisotopic (exact) mass is 225 g/mol. The predicted octanol–water partition coefficient (Wildman–Crippen LogP) is 0.214. The Labute approximate surface area is 95.2 Å². The first kappa shape index (κ1) is 12.6. The van der Waals surface area contributed by atoms with E-state index in [1.54, 1.807) is 6.33 Å². The second-order valence-electron chi connectivity index (χ2n) is 3.96. The average molecular weight is 225 g/mol. The quantitative estimate of drug-likeness (QED) is 0.650. The lowest BCUT2D eigenvalue weighted by Gasteiger charge is -2.09. The first-order chi connectivity index (χ1) is 7.61. The van der Waals surface area contributed by atoms with Crippen LogP contribution < -0.4 is 11.1 Å². The van der Waals surface area contributed by atoms with Crippen molar-refractivity contribution < 1.29 is 4.79 Å². The molecule has 0 spiro atoms. The summed E-state index contributed by atoms with van der Waals surface area (Å²) in [6.45, 7) is 5.54. The van der Waals surface area contributed by atoms with Gasteiger partial charge in [0, 0.05) is 12.5 Å². The van der Waals surface area contributed by atoms with Crippen LogP contribution in [0.2, 0.25) is 0 Å². The Hall–Kier alpha value is -1.43. The molecule has 0 aliphatic rings. The third-order valence-electron chi connectivity index (χ3n) is 2.20. The lowest BCUT2D eigenvalue weighted by atomic mass is 10.3. The highest BCUT2D eigenvalue weighted by Crippen LogP contribution is 2.04. The number of rotatable bonds is 7. The van der Waals surface area contributed by atoms with E-state index < -0.39 is 0 Å². The molecule has 1 amide bonds. The molecule has 0 fully saturated rings. The summed E-state index contributed by atoms with van der Waals surface area (Å²) in [4.78, 5) is 14.7. The molecule has 6 heteroatoms. The lowest BCUT2D eigenvalue weighted by molar-refractivity contribution is -0.118. The third-order valence-corrected chi connectivity index (χ3v) is 2.20. The predicted molar refractivity (Wildman–Crippen MR) is 60.5 cm³/mol. The first-order valence-corrected chi connectivity index (χ1v) is 5.48. The van der Waals surface area contributed by atoms with Gasteiger partial charge < -0.3 is 11.1 Å². The van der Waals surface area contributed by atoms with Gasteiger partial charge in [0.1, 0.15) is 12.2 Å². The molecule has 0 bridgehead atoms. The molecule has 1 heterocycles. The zero-order valence-electron chi connectivity index (χ0n) is 9.81. The topological polar surface area (TPSA) is 85.8 Å². The SMILES string of the molecule is CC(C)n1ncnc1CNCCCC(N)=O. The van der Waals surface area contributed by atoms with Crippen LogP contribution in [0.1, 0.15) is 38.6 Å². The second-order valence-corrected chi connectivity index (χ2v) is 3.96. The van der Waals surface area contributed by atoms with Gasteiger partial charge in [-0.05, 0) is 26.8 Å². The van der Waals surface area contributed by atoms with Gasteiger partial charge in [0.2, 0.25) is 5.91 Å². The minimum Gasteiger partial charge on any atom is -0.370 e. The van der Waals surface area contributed by atoms with Gasteiger partial charge in [0.05, 0.1) is 6.54 Å². The molecule has 0 radical (unpaired) electrons. The van der Waals surface area contributed by atoms with E-state index >= 15 is 0 Å². The van der Waals surface area contributed by atoms with Crippen molar-refractivity contribution in [3.63, 3.8) is 0 Å². The number of hydrogen-bond donors (Lipinski definition) is 2. The molecule has 1 rings (SSSR count). The molecule has 1 aromatic rings. The Bertz CT molecular complexity index is 334. The summed E-state index contributed by atoms with van der Waals surface area (Å²) in [5.41, 5.74) is 5.04. The first-order valence-electron chi connectivity index (χ1n) is 5.48. The highest BCUT2D eigenvalue weighted by molar-refractivity contribution is 5.73. The minimum atomic E-state index is -0.257. The van der Waals surface area contributed by atoms with Crippen LogP contribution in [-0.2, 0) is 11.3 Å². The number of nitrogens with two attached hydrogens (primary N) is 1.